The zero-order chi connectivity index (χ0) is 23.2. The number of rotatable bonds is 7. The Bertz CT molecular complexity index is 1010. The fraction of sp³-hybridized carbons (Fsp3) is 0.400. The molecule has 1 saturated heterocycles. The average molecular weight is 450 g/mol. The van der Waals surface area contributed by atoms with Crippen LogP contribution in [0, 0.1) is 0 Å². The molecule has 0 aromatic heterocycles. The number of urea groups is 1. The van der Waals surface area contributed by atoms with Crippen LogP contribution in [0.2, 0.25) is 0 Å². The number of amides is 4. The average Bonchev–Trinajstić information content (AvgIpc) is 3.27. The molecule has 1 fully saturated rings. The summed E-state index contributed by atoms with van der Waals surface area (Å²) >= 11 is 0. The maximum atomic E-state index is 12.5. The normalized spacial score (nSPS) is 15.2. The van der Waals surface area contributed by atoms with Gasteiger partial charge in [0.2, 0.25) is 11.8 Å². The summed E-state index contributed by atoms with van der Waals surface area (Å²) in [6.45, 7) is 3.51. The van der Waals surface area contributed by atoms with Gasteiger partial charge < -0.3 is 26.2 Å². The number of hydrogen-bond acceptors (Lipinski definition) is 4. The first kappa shape index (κ1) is 22.6. The van der Waals surface area contributed by atoms with Crippen molar-refractivity contribution in [3.05, 3.63) is 59.2 Å². The minimum Gasteiger partial charge on any atom is -0.370 e. The molecule has 174 valence electrons. The van der Waals surface area contributed by atoms with Gasteiger partial charge in [-0.3, -0.25) is 9.59 Å². The number of nitrogens with two attached hydrogens (primary N) is 1. The molecule has 2 aromatic carbocycles. The van der Waals surface area contributed by atoms with Gasteiger partial charge in [-0.2, -0.15) is 0 Å². The number of anilines is 2. The number of primary amides is 1. The van der Waals surface area contributed by atoms with E-state index in [1.165, 1.54) is 17.5 Å². The van der Waals surface area contributed by atoms with Crippen LogP contribution in [0.3, 0.4) is 0 Å². The summed E-state index contributed by atoms with van der Waals surface area (Å²) in [7, 11) is 0. The number of carbonyl (C=O) groups is 3. The second-order valence-corrected chi connectivity index (χ2v) is 8.65. The third-order valence-electron chi connectivity index (χ3n) is 6.27. The monoisotopic (exact) mass is 449 g/mol. The lowest BCUT2D eigenvalue weighted by molar-refractivity contribution is -0.131. The molecule has 2 aliphatic rings. The van der Waals surface area contributed by atoms with Crippen molar-refractivity contribution < 1.29 is 14.4 Å². The minimum absolute atomic E-state index is 0.0925. The Labute approximate surface area is 194 Å². The summed E-state index contributed by atoms with van der Waals surface area (Å²) in [5, 5.41) is 5.68. The summed E-state index contributed by atoms with van der Waals surface area (Å²) in [6.07, 6.45) is 4.32. The van der Waals surface area contributed by atoms with E-state index < -0.39 is 5.91 Å². The van der Waals surface area contributed by atoms with Gasteiger partial charge in [-0.25, -0.2) is 4.79 Å². The molecule has 2 aromatic rings. The second-order valence-electron chi connectivity index (χ2n) is 8.65. The lowest BCUT2D eigenvalue weighted by Gasteiger charge is -2.30. The quantitative estimate of drug-likeness (QED) is 0.564. The first-order chi connectivity index (χ1) is 16.0. The largest absolute Gasteiger partial charge is 0.370 e. The molecular formula is C25H31N5O3. The number of nitrogens with zero attached hydrogens (tertiary/aromatic N) is 2. The molecule has 0 spiro atoms. The Morgan fingerprint density at radius 2 is 1.64 bits per heavy atom. The molecule has 0 bridgehead atoms. The number of hydrogen-bond donors (Lipinski definition) is 3. The number of benzene rings is 2. The number of piperidine rings is 1. The van der Waals surface area contributed by atoms with E-state index in [2.05, 4.69) is 27.7 Å². The predicted molar refractivity (Wildman–Crippen MR) is 128 cm³/mol. The standard InChI is InChI=1S/C25H31N5O3/c26-24(32)18-10-11-22(29-13-4-1-5-14-29)21(15-18)28-25(33)27-12-6-9-23(31)30-16-19-7-2-3-8-20(19)17-30/h2-3,7-8,10-11,15H,1,4-6,9,12-14,16-17H2,(H2,26,32)(H2,27,28,33). The summed E-state index contributed by atoms with van der Waals surface area (Å²) in [5.74, 6) is -0.443. The van der Waals surface area contributed by atoms with Crippen LogP contribution in [0.4, 0.5) is 16.2 Å². The van der Waals surface area contributed by atoms with Crippen molar-refractivity contribution in [3.8, 4) is 0 Å². The van der Waals surface area contributed by atoms with E-state index in [0.29, 0.717) is 43.7 Å². The Kier molecular flexibility index (Phi) is 7.12. The SMILES string of the molecule is NC(=O)c1ccc(N2CCCCC2)c(NC(=O)NCCCC(=O)N2Cc3ccccc3C2)c1. The lowest BCUT2D eigenvalue weighted by Crippen LogP contribution is -2.33. The van der Waals surface area contributed by atoms with Crippen LogP contribution >= 0.6 is 0 Å². The highest BCUT2D eigenvalue weighted by atomic mass is 16.2. The van der Waals surface area contributed by atoms with Crippen LogP contribution in [0.15, 0.2) is 42.5 Å². The molecule has 2 aliphatic heterocycles. The van der Waals surface area contributed by atoms with Crippen molar-refractivity contribution in [1.82, 2.24) is 10.2 Å². The molecule has 4 N–H and O–H groups in total. The van der Waals surface area contributed by atoms with Gasteiger partial charge in [0.05, 0.1) is 11.4 Å². The Balaban J connectivity index is 1.27. The van der Waals surface area contributed by atoms with Gasteiger partial charge in [-0.1, -0.05) is 24.3 Å². The molecule has 0 unspecified atom stereocenters. The van der Waals surface area contributed by atoms with Crippen LogP contribution < -0.4 is 21.3 Å². The van der Waals surface area contributed by atoms with Gasteiger partial charge in [0.1, 0.15) is 0 Å². The van der Waals surface area contributed by atoms with Crippen LogP contribution in [0.25, 0.3) is 0 Å². The maximum absolute atomic E-state index is 12.5. The van der Waals surface area contributed by atoms with E-state index in [4.69, 9.17) is 5.73 Å². The third kappa shape index (κ3) is 5.63. The predicted octanol–water partition coefficient (Wildman–Crippen LogP) is 3.22. The van der Waals surface area contributed by atoms with Crippen molar-refractivity contribution in [2.45, 2.75) is 45.2 Å². The molecule has 2 heterocycles. The topological polar surface area (TPSA) is 108 Å². The fourth-order valence-corrected chi connectivity index (χ4v) is 4.48. The van der Waals surface area contributed by atoms with Crippen molar-refractivity contribution in [1.29, 1.82) is 0 Å². The van der Waals surface area contributed by atoms with Crippen LogP contribution in [0.5, 0.6) is 0 Å². The molecule has 8 nitrogen and oxygen atoms in total. The molecule has 4 rings (SSSR count). The van der Waals surface area contributed by atoms with Crippen molar-refractivity contribution >= 4 is 29.2 Å². The number of fused-ring (bicyclic) bond motifs is 1. The van der Waals surface area contributed by atoms with Crippen LogP contribution in [-0.2, 0) is 17.9 Å². The molecule has 0 aliphatic carbocycles. The van der Waals surface area contributed by atoms with Gasteiger partial charge in [-0.15, -0.1) is 0 Å². The smallest absolute Gasteiger partial charge is 0.319 e. The van der Waals surface area contributed by atoms with Gasteiger partial charge in [0.15, 0.2) is 0 Å². The summed E-state index contributed by atoms with van der Waals surface area (Å²) in [6, 6.07) is 12.9. The lowest BCUT2D eigenvalue weighted by atomic mass is 10.1. The molecule has 0 saturated carbocycles. The molecule has 33 heavy (non-hydrogen) atoms. The van der Waals surface area contributed by atoms with E-state index in [1.807, 2.05) is 23.1 Å². The number of nitrogens with one attached hydrogen (secondary N) is 2. The van der Waals surface area contributed by atoms with Gasteiger partial charge in [0, 0.05) is 44.7 Å². The molecular weight excluding hydrogens is 418 g/mol. The Morgan fingerprint density at radius 1 is 0.939 bits per heavy atom. The van der Waals surface area contributed by atoms with E-state index >= 15 is 0 Å². The minimum atomic E-state index is -0.536. The molecule has 0 radical (unpaired) electrons. The zero-order valence-electron chi connectivity index (χ0n) is 18.8. The van der Waals surface area contributed by atoms with Crippen LogP contribution in [0.1, 0.15) is 53.6 Å². The zero-order valence-corrected chi connectivity index (χ0v) is 18.8. The molecule has 0 atom stereocenters. The summed E-state index contributed by atoms with van der Waals surface area (Å²) in [4.78, 5) is 40.7. The van der Waals surface area contributed by atoms with Crippen molar-refractivity contribution in [3.63, 3.8) is 0 Å². The van der Waals surface area contributed by atoms with Crippen molar-refractivity contribution in [2.24, 2.45) is 5.73 Å². The van der Waals surface area contributed by atoms with E-state index in [-0.39, 0.29) is 11.9 Å². The first-order valence-corrected chi connectivity index (χ1v) is 11.6. The Hall–Kier alpha value is -3.55. The highest BCUT2D eigenvalue weighted by Crippen LogP contribution is 2.29. The van der Waals surface area contributed by atoms with Gasteiger partial charge >= 0.3 is 6.03 Å². The first-order valence-electron chi connectivity index (χ1n) is 11.6. The molecule has 8 heteroatoms. The Morgan fingerprint density at radius 3 is 2.30 bits per heavy atom. The highest BCUT2D eigenvalue weighted by molar-refractivity contribution is 5.98. The third-order valence-corrected chi connectivity index (χ3v) is 6.27. The van der Waals surface area contributed by atoms with E-state index in [1.54, 1.807) is 12.1 Å². The van der Waals surface area contributed by atoms with E-state index in [9.17, 15) is 14.4 Å². The van der Waals surface area contributed by atoms with Crippen LogP contribution in [-0.4, -0.2) is 42.4 Å². The number of carbonyl (C=O) groups excluding carboxylic acids is 3. The van der Waals surface area contributed by atoms with Gasteiger partial charge in [0.25, 0.3) is 0 Å². The van der Waals surface area contributed by atoms with E-state index in [0.717, 1.165) is 31.6 Å². The molecule has 4 amide bonds. The summed E-state index contributed by atoms with van der Waals surface area (Å²) < 4.78 is 0. The summed E-state index contributed by atoms with van der Waals surface area (Å²) in [5.41, 5.74) is 9.64. The second kappa shape index (κ2) is 10.4. The highest BCUT2D eigenvalue weighted by Gasteiger charge is 2.22. The van der Waals surface area contributed by atoms with Gasteiger partial charge in [-0.05, 0) is 55.0 Å². The fourth-order valence-electron chi connectivity index (χ4n) is 4.48. The maximum Gasteiger partial charge on any atom is 0.319 e. The van der Waals surface area contributed by atoms with Crippen molar-refractivity contribution in [2.75, 3.05) is 29.9 Å².